The molecule has 41 heavy (non-hydrogen) atoms. The van der Waals surface area contributed by atoms with E-state index in [0.717, 1.165) is 32.4 Å². The highest BCUT2D eigenvalue weighted by molar-refractivity contribution is 7.92. The van der Waals surface area contributed by atoms with Gasteiger partial charge < -0.3 is 15.1 Å². The predicted molar refractivity (Wildman–Crippen MR) is 149 cm³/mol. The minimum Gasteiger partial charge on any atom is -0.478 e. The molecule has 8 nitrogen and oxygen atoms in total. The molecule has 3 aromatic rings. The lowest BCUT2D eigenvalue weighted by Gasteiger charge is -2.34. The van der Waals surface area contributed by atoms with Crippen molar-refractivity contribution in [2.75, 3.05) is 22.7 Å². The molecule has 0 bridgehead atoms. The van der Waals surface area contributed by atoms with Crippen LogP contribution in [-0.4, -0.2) is 49.8 Å². The molecule has 1 aliphatic rings. The lowest BCUT2D eigenvalue weighted by Crippen LogP contribution is -2.35. The number of carboxylic acid groups (broad SMARTS) is 2. The number of halogens is 4. The first-order valence-electron chi connectivity index (χ1n) is 12.4. The van der Waals surface area contributed by atoms with Gasteiger partial charge in [-0.25, -0.2) is 18.0 Å². The summed E-state index contributed by atoms with van der Waals surface area (Å²) >= 11 is 6.08. The average molecular weight is 613 g/mol. The van der Waals surface area contributed by atoms with Crippen molar-refractivity contribution in [2.45, 2.75) is 37.3 Å². The summed E-state index contributed by atoms with van der Waals surface area (Å²) in [7, 11) is -3.92. The van der Waals surface area contributed by atoms with Crippen LogP contribution in [0.5, 0.6) is 0 Å². The number of hydrogen-bond acceptors (Lipinski definition) is 5. The lowest BCUT2D eigenvalue weighted by molar-refractivity contribution is -0.192. The summed E-state index contributed by atoms with van der Waals surface area (Å²) in [6, 6.07) is 19.7. The smallest absolute Gasteiger partial charge is 0.478 e. The zero-order valence-electron chi connectivity index (χ0n) is 21.9. The highest BCUT2D eigenvalue weighted by Crippen LogP contribution is 2.31. The van der Waals surface area contributed by atoms with Crippen LogP contribution in [0.1, 0.15) is 34.3 Å². The van der Waals surface area contributed by atoms with Crippen molar-refractivity contribution in [1.82, 2.24) is 0 Å². The van der Waals surface area contributed by atoms with Gasteiger partial charge in [-0.15, -0.1) is 0 Å². The molecule has 0 radical (unpaired) electrons. The number of benzene rings is 3. The number of sulfonamides is 1. The van der Waals surface area contributed by atoms with Crippen molar-refractivity contribution in [3.8, 4) is 0 Å². The monoisotopic (exact) mass is 612 g/mol. The quantitative estimate of drug-likeness (QED) is 0.288. The minimum absolute atomic E-state index is 0.0569. The van der Waals surface area contributed by atoms with E-state index in [0.29, 0.717) is 22.2 Å². The second-order valence-electron chi connectivity index (χ2n) is 9.43. The van der Waals surface area contributed by atoms with Crippen molar-refractivity contribution < 1.29 is 41.4 Å². The van der Waals surface area contributed by atoms with Gasteiger partial charge >= 0.3 is 18.1 Å². The van der Waals surface area contributed by atoms with Crippen LogP contribution in [0.25, 0.3) is 0 Å². The minimum atomic E-state index is -5.08. The molecule has 13 heteroatoms. The maximum absolute atomic E-state index is 12.9. The van der Waals surface area contributed by atoms with Crippen LogP contribution in [0.15, 0.2) is 71.6 Å². The van der Waals surface area contributed by atoms with Gasteiger partial charge in [0.25, 0.3) is 10.0 Å². The summed E-state index contributed by atoms with van der Waals surface area (Å²) in [6.45, 7) is 3.14. The number of alkyl halides is 3. The molecule has 0 amide bonds. The third-order valence-corrected chi connectivity index (χ3v) is 8.49. The van der Waals surface area contributed by atoms with E-state index < -0.39 is 28.1 Å². The summed E-state index contributed by atoms with van der Waals surface area (Å²) in [5, 5.41) is 17.3. The molecule has 1 heterocycles. The Bertz CT molecular complexity index is 1490. The summed E-state index contributed by atoms with van der Waals surface area (Å²) in [5.41, 5.74) is 2.63. The molecule has 0 unspecified atom stereocenters. The first-order chi connectivity index (χ1) is 19.2. The van der Waals surface area contributed by atoms with Gasteiger partial charge in [0.15, 0.2) is 0 Å². The van der Waals surface area contributed by atoms with Gasteiger partial charge in [0, 0.05) is 23.8 Å². The van der Waals surface area contributed by atoms with E-state index in [1.807, 2.05) is 18.2 Å². The van der Waals surface area contributed by atoms with Crippen LogP contribution < -0.4 is 9.62 Å². The van der Waals surface area contributed by atoms with Gasteiger partial charge in [0.05, 0.1) is 16.1 Å². The van der Waals surface area contributed by atoms with Gasteiger partial charge in [-0.3, -0.25) is 4.72 Å². The molecule has 0 saturated carbocycles. The molecule has 0 aliphatic carbocycles. The van der Waals surface area contributed by atoms with Crippen molar-refractivity contribution >= 4 is 44.9 Å². The number of nitrogens with zero attached hydrogens (tertiary/aromatic N) is 1. The van der Waals surface area contributed by atoms with E-state index in [1.54, 1.807) is 31.2 Å². The third-order valence-electron chi connectivity index (χ3n) is 6.55. The molecule has 0 aromatic heterocycles. The van der Waals surface area contributed by atoms with Gasteiger partial charge in [-0.1, -0.05) is 48.0 Å². The summed E-state index contributed by atoms with van der Waals surface area (Å²) in [4.78, 5) is 23.1. The molecule has 1 fully saturated rings. The fourth-order valence-corrected chi connectivity index (χ4v) is 6.01. The second-order valence-corrected chi connectivity index (χ2v) is 11.5. The molecule has 3 N–H and O–H groups in total. The van der Waals surface area contributed by atoms with E-state index in [9.17, 15) is 31.5 Å². The van der Waals surface area contributed by atoms with Crippen molar-refractivity contribution in [2.24, 2.45) is 5.92 Å². The summed E-state index contributed by atoms with van der Waals surface area (Å²) in [5.74, 6) is -3.30. The first kappa shape index (κ1) is 31.8. The standard InChI is InChI=1S/C26H27ClN2O4S.C2HF3O2/c1-18-23(27)8-5-9-25(18)34(32,33)28-21-10-11-24(22(17-21)26(30)31)29-14-12-20(13-15-29)16-19-6-3-2-4-7-19;3-2(4,5)1(6)7/h2-11,17,20,28H,12-16H2,1H3,(H,30,31);(H,6,7). The fourth-order valence-electron chi connectivity index (χ4n) is 4.46. The SMILES string of the molecule is Cc1c(Cl)cccc1S(=O)(=O)Nc1ccc(N2CCC(Cc3ccccc3)CC2)c(C(=O)O)c1.O=C(O)C(F)(F)F. The number of piperidine rings is 1. The molecule has 220 valence electrons. The Kier molecular flexibility index (Phi) is 10.3. The van der Waals surface area contributed by atoms with E-state index in [1.165, 1.54) is 17.7 Å². The average Bonchev–Trinajstić information content (AvgIpc) is 2.91. The Morgan fingerprint density at radius 3 is 2.17 bits per heavy atom. The third kappa shape index (κ3) is 8.61. The molecular formula is C28H28ClF3N2O6S. The summed E-state index contributed by atoms with van der Waals surface area (Å²) < 4.78 is 60.0. The molecule has 4 rings (SSSR count). The normalized spacial score (nSPS) is 14.1. The maximum atomic E-state index is 12.9. The molecule has 1 saturated heterocycles. The van der Waals surface area contributed by atoms with E-state index in [2.05, 4.69) is 21.8 Å². The molecule has 1 aliphatic heterocycles. The highest BCUT2D eigenvalue weighted by atomic mass is 35.5. The zero-order chi connectivity index (χ0) is 30.4. The number of anilines is 2. The Morgan fingerprint density at radius 1 is 1.00 bits per heavy atom. The number of rotatable bonds is 7. The first-order valence-corrected chi connectivity index (χ1v) is 14.3. The largest absolute Gasteiger partial charge is 0.490 e. The second kappa shape index (κ2) is 13.3. The van der Waals surface area contributed by atoms with Crippen LogP contribution in [0.3, 0.4) is 0 Å². The Labute approximate surface area is 240 Å². The Balaban J connectivity index is 0.000000587. The lowest BCUT2D eigenvalue weighted by atomic mass is 9.90. The number of nitrogens with one attached hydrogen (secondary N) is 1. The van der Waals surface area contributed by atoms with Gasteiger partial charge in [-0.05, 0) is 73.6 Å². The zero-order valence-corrected chi connectivity index (χ0v) is 23.4. The number of aromatic carboxylic acids is 1. The molecule has 0 atom stereocenters. The van der Waals surface area contributed by atoms with Crippen molar-refractivity contribution in [1.29, 1.82) is 0 Å². The van der Waals surface area contributed by atoms with Gasteiger partial charge in [0.1, 0.15) is 0 Å². The predicted octanol–water partition coefficient (Wildman–Crippen LogP) is 6.24. The molecule has 0 spiro atoms. The van der Waals surface area contributed by atoms with E-state index >= 15 is 0 Å². The molecular weight excluding hydrogens is 585 g/mol. The number of carbonyl (C=O) groups is 2. The van der Waals surface area contributed by atoms with Crippen LogP contribution in [0.4, 0.5) is 24.5 Å². The number of aliphatic carboxylic acids is 1. The van der Waals surface area contributed by atoms with Crippen LogP contribution in [0, 0.1) is 12.8 Å². The van der Waals surface area contributed by atoms with Crippen molar-refractivity contribution in [3.63, 3.8) is 0 Å². The van der Waals surface area contributed by atoms with Crippen molar-refractivity contribution in [3.05, 3.63) is 88.4 Å². The van der Waals surface area contributed by atoms with Gasteiger partial charge in [0.2, 0.25) is 0 Å². The Hall–Kier alpha value is -3.77. The number of hydrogen-bond donors (Lipinski definition) is 3. The van der Waals surface area contributed by atoms with Crippen LogP contribution in [0.2, 0.25) is 5.02 Å². The van der Waals surface area contributed by atoms with E-state index in [4.69, 9.17) is 21.5 Å². The van der Waals surface area contributed by atoms with Crippen LogP contribution in [-0.2, 0) is 21.2 Å². The maximum Gasteiger partial charge on any atom is 0.490 e. The van der Waals surface area contributed by atoms with Gasteiger partial charge in [-0.2, -0.15) is 13.2 Å². The summed E-state index contributed by atoms with van der Waals surface area (Å²) in [6.07, 6.45) is -2.13. The Morgan fingerprint density at radius 2 is 1.61 bits per heavy atom. The molecule has 3 aromatic carbocycles. The van der Waals surface area contributed by atoms with E-state index in [-0.39, 0.29) is 16.1 Å². The van der Waals surface area contributed by atoms with Crippen LogP contribution >= 0.6 is 11.6 Å². The number of carboxylic acids is 2. The highest BCUT2D eigenvalue weighted by Gasteiger charge is 2.38. The topological polar surface area (TPSA) is 124 Å². The fraction of sp³-hybridized carbons (Fsp3) is 0.286.